The number of carbonyl (C=O) groups is 1. The van der Waals surface area contributed by atoms with Crippen LogP contribution in [0.1, 0.15) is 37.0 Å². The first kappa shape index (κ1) is 12.6. The molecular formula is C16H18O2. The Morgan fingerprint density at radius 1 is 1.06 bits per heavy atom. The van der Waals surface area contributed by atoms with Crippen LogP contribution < -0.4 is 4.74 Å². The number of carbonyl (C=O) groups excluding carboxylic acids is 1. The smallest absolute Gasteiger partial charge is 0.162 e. The molecule has 0 bridgehead atoms. The van der Waals surface area contributed by atoms with Gasteiger partial charge in [-0.3, -0.25) is 4.79 Å². The SMILES string of the molecule is CCCC(=O)c1ccc2cc(OCC)ccc2c1. The summed E-state index contributed by atoms with van der Waals surface area (Å²) in [7, 11) is 0. The molecule has 2 aromatic carbocycles. The van der Waals surface area contributed by atoms with E-state index in [1.807, 2.05) is 50.2 Å². The molecule has 0 amide bonds. The summed E-state index contributed by atoms with van der Waals surface area (Å²) in [5, 5.41) is 2.19. The van der Waals surface area contributed by atoms with Gasteiger partial charge < -0.3 is 4.74 Å². The fraction of sp³-hybridized carbons (Fsp3) is 0.312. The summed E-state index contributed by atoms with van der Waals surface area (Å²) in [6, 6.07) is 11.8. The highest BCUT2D eigenvalue weighted by Crippen LogP contribution is 2.22. The van der Waals surface area contributed by atoms with Gasteiger partial charge in [-0.15, -0.1) is 0 Å². The molecule has 94 valence electrons. The summed E-state index contributed by atoms with van der Waals surface area (Å²) >= 11 is 0. The summed E-state index contributed by atoms with van der Waals surface area (Å²) < 4.78 is 5.46. The topological polar surface area (TPSA) is 26.3 Å². The molecule has 2 heteroatoms. The van der Waals surface area contributed by atoms with Gasteiger partial charge in [-0.05, 0) is 42.3 Å². The number of ether oxygens (including phenoxy) is 1. The summed E-state index contributed by atoms with van der Waals surface area (Å²) in [6.07, 6.45) is 1.50. The van der Waals surface area contributed by atoms with Crippen LogP contribution in [0.15, 0.2) is 36.4 Å². The first-order valence-electron chi connectivity index (χ1n) is 6.44. The minimum atomic E-state index is 0.216. The number of hydrogen-bond acceptors (Lipinski definition) is 2. The Balaban J connectivity index is 2.35. The molecule has 0 atom stereocenters. The number of hydrogen-bond donors (Lipinski definition) is 0. The van der Waals surface area contributed by atoms with Gasteiger partial charge in [-0.1, -0.05) is 25.1 Å². The Hall–Kier alpha value is -1.83. The van der Waals surface area contributed by atoms with Gasteiger partial charge in [0.15, 0.2) is 5.78 Å². The Morgan fingerprint density at radius 2 is 1.78 bits per heavy atom. The molecule has 0 unspecified atom stereocenters. The molecule has 0 aliphatic rings. The Kier molecular flexibility index (Phi) is 3.98. The van der Waals surface area contributed by atoms with Crippen LogP contribution in [-0.2, 0) is 0 Å². The molecule has 0 heterocycles. The van der Waals surface area contributed by atoms with E-state index < -0.39 is 0 Å². The molecular weight excluding hydrogens is 224 g/mol. The largest absolute Gasteiger partial charge is 0.494 e. The highest BCUT2D eigenvalue weighted by molar-refractivity contribution is 6.00. The summed E-state index contributed by atoms with van der Waals surface area (Å²) in [5.74, 6) is 1.09. The maximum atomic E-state index is 11.8. The van der Waals surface area contributed by atoms with Crippen molar-refractivity contribution in [1.82, 2.24) is 0 Å². The standard InChI is InChI=1S/C16H18O2/c1-3-5-16(17)14-7-6-13-11-15(18-4-2)9-8-12(13)10-14/h6-11H,3-5H2,1-2H3. The lowest BCUT2D eigenvalue weighted by Crippen LogP contribution is -1.97. The zero-order valence-electron chi connectivity index (χ0n) is 10.9. The van der Waals surface area contributed by atoms with Crippen LogP contribution in [0.4, 0.5) is 0 Å². The average molecular weight is 242 g/mol. The first-order valence-corrected chi connectivity index (χ1v) is 6.44. The quantitative estimate of drug-likeness (QED) is 0.734. The monoisotopic (exact) mass is 242 g/mol. The molecule has 0 saturated carbocycles. The van der Waals surface area contributed by atoms with Gasteiger partial charge in [0.1, 0.15) is 5.75 Å². The third-order valence-corrected chi connectivity index (χ3v) is 2.92. The Morgan fingerprint density at radius 3 is 2.50 bits per heavy atom. The second-order valence-electron chi connectivity index (χ2n) is 4.33. The molecule has 0 spiro atoms. The molecule has 0 aromatic heterocycles. The van der Waals surface area contributed by atoms with Gasteiger partial charge in [0.05, 0.1) is 6.61 Å². The molecule has 18 heavy (non-hydrogen) atoms. The van der Waals surface area contributed by atoms with Gasteiger partial charge in [0.2, 0.25) is 0 Å². The van der Waals surface area contributed by atoms with E-state index in [9.17, 15) is 4.79 Å². The van der Waals surface area contributed by atoms with Crippen LogP contribution in [0.5, 0.6) is 5.75 Å². The molecule has 0 fully saturated rings. The van der Waals surface area contributed by atoms with Crippen molar-refractivity contribution in [3.63, 3.8) is 0 Å². The van der Waals surface area contributed by atoms with Crippen molar-refractivity contribution in [3.8, 4) is 5.75 Å². The average Bonchev–Trinajstić information content (AvgIpc) is 2.39. The molecule has 0 aliphatic heterocycles. The molecule has 0 aliphatic carbocycles. The van der Waals surface area contributed by atoms with Crippen molar-refractivity contribution in [2.24, 2.45) is 0 Å². The van der Waals surface area contributed by atoms with Crippen molar-refractivity contribution < 1.29 is 9.53 Å². The maximum absolute atomic E-state index is 11.8. The van der Waals surface area contributed by atoms with E-state index in [2.05, 4.69) is 0 Å². The highest BCUT2D eigenvalue weighted by atomic mass is 16.5. The summed E-state index contributed by atoms with van der Waals surface area (Å²) in [6.45, 7) is 4.66. The van der Waals surface area contributed by atoms with E-state index in [0.29, 0.717) is 13.0 Å². The minimum absolute atomic E-state index is 0.216. The lowest BCUT2D eigenvalue weighted by Gasteiger charge is -2.06. The zero-order valence-corrected chi connectivity index (χ0v) is 10.9. The summed E-state index contributed by atoms with van der Waals surface area (Å²) in [5.41, 5.74) is 0.800. The molecule has 2 aromatic rings. The molecule has 0 N–H and O–H groups in total. The van der Waals surface area contributed by atoms with Crippen molar-refractivity contribution >= 4 is 16.6 Å². The van der Waals surface area contributed by atoms with Crippen LogP contribution in [0.3, 0.4) is 0 Å². The number of Topliss-reactive ketones (excluding diaryl/α,β-unsaturated/α-hetero) is 1. The number of ketones is 1. The number of rotatable bonds is 5. The minimum Gasteiger partial charge on any atom is -0.494 e. The van der Waals surface area contributed by atoms with Gasteiger partial charge >= 0.3 is 0 Å². The van der Waals surface area contributed by atoms with Gasteiger partial charge in [-0.25, -0.2) is 0 Å². The fourth-order valence-electron chi connectivity index (χ4n) is 2.03. The number of benzene rings is 2. The lowest BCUT2D eigenvalue weighted by atomic mass is 10.0. The predicted molar refractivity (Wildman–Crippen MR) is 74.4 cm³/mol. The van der Waals surface area contributed by atoms with Gasteiger partial charge in [0, 0.05) is 12.0 Å². The van der Waals surface area contributed by atoms with Crippen molar-refractivity contribution in [1.29, 1.82) is 0 Å². The van der Waals surface area contributed by atoms with Crippen LogP contribution in [0, 0.1) is 0 Å². The molecule has 0 saturated heterocycles. The molecule has 2 rings (SSSR count). The second kappa shape index (κ2) is 5.67. The Bertz CT molecular complexity index is 558. The van der Waals surface area contributed by atoms with Crippen molar-refractivity contribution in [2.75, 3.05) is 6.61 Å². The molecule has 0 radical (unpaired) electrons. The van der Waals surface area contributed by atoms with E-state index in [-0.39, 0.29) is 5.78 Å². The van der Waals surface area contributed by atoms with E-state index in [4.69, 9.17) is 4.74 Å². The van der Waals surface area contributed by atoms with E-state index in [1.165, 1.54) is 0 Å². The summed E-state index contributed by atoms with van der Waals surface area (Å²) in [4.78, 5) is 11.8. The van der Waals surface area contributed by atoms with Crippen LogP contribution in [-0.4, -0.2) is 12.4 Å². The predicted octanol–water partition coefficient (Wildman–Crippen LogP) is 4.22. The number of fused-ring (bicyclic) bond motifs is 1. The zero-order chi connectivity index (χ0) is 13.0. The van der Waals surface area contributed by atoms with E-state index in [0.717, 1.165) is 28.5 Å². The fourth-order valence-corrected chi connectivity index (χ4v) is 2.03. The first-order chi connectivity index (χ1) is 8.74. The van der Waals surface area contributed by atoms with Crippen molar-refractivity contribution in [2.45, 2.75) is 26.7 Å². The second-order valence-corrected chi connectivity index (χ2v) is 4.33. The lowest BCUT2D eigenvalue weighted by molar-refractivity contribution is 0.0982. The Labute approximate surface area is 108 Å². The van der Waals surface area contributed by atoms with E-state index >= 15 is 0 Å². The van der Waals surface area contributed by atoms with Crippen molar-refractivity contribution in [3.05, 3.63) is 42.0 Å². The maximum Gasteiger partial charge on any atom is 0.162 e. The van der Waals surface area contributed by atoms with Crippen LogP contribution in [0.2, 0.25) is 0 Å². The van der Waals surface area contributed by atoms with Gasteiger partial charge in [0.25, 0.3) is 0 Å². The highest BCUT2D eigenvalue weighted by Gasteiger charge is 2.05. The third kappa shape index (κ3) is 2.70. The van der Waals surface area contributed by atoms with Crippen LogP contribution in [0.25, 0.3) is 10.8 Å². The molecule has 2 nitrogen and oxygen atoms in total. The van der Waals surface area contributed by atoms with Crippen LogP contribution >= 0.6 is 0 Å². The van der Waals surface area contributed by atoms with E-state index in [1.54, 1.807) is 0 Å². The third-order valence-electron chi connectivity index (χ3n) is 2.92. The normalized spacial score (nSPS) is 10.6. The van der Waals surface area contributed by atoms with Gasteiger partial charge in [-0.2, -0.15) is 0 Å².